The van der Waals surface area contributed by atoms with Crippen molar-refractivity contribution in [2.75, 3.05) is 0 Å². The van der Waals surface area contributed by atoms with Crippen LogP contribution >= 0.6 is 66.1 Å². The van der Waals surface area contributed by atoms with Crippen molar-refractivity contribution in [3.05, 3.63) is 53.5 Å². The first-order valence-corrected chi connectivity index (χ1v) is 7.94. The van der Waals surface area contributed by atoms with Crippen molar-refractivity contribution >= 4 is 66.1 Å². The van der Waals surface area contributed by atoms with Gasteiger partial charge < -0.3 is 0 Å². The van der Waals surface area contributed by atoms with Gasteiger partial charge in [0.2, 0.25) is 0 Å². The van der Waals surface area contributed by atoms with Crippen molar-refractivity contribution in [1.29, 1.82) is 10.5 Å². The molecular formula is C12H4Br2ClIN4. The Balaban J connectivity index is 0.000000200. The van der Waals surface area contributed by atoms with Crippen LogP contribution in [0.5, 0.6) is 0 Å². The van der Waals surface area contributed by atoms with E-state index in [1.54, 1.807) is 12.3 Å². The summed E-state index contributed by atoms with van der Waals surface area (Å²) < 4.78 is 2.24. The van der Waals surface area contributed by atoms with E-state index < -0.39 is 0 Å². The lowest BCUT2D eigenvalue weighted by Crippen LogP contribution is -1.83. The maximum Gasteiger partial charge on any atom is 0.130 e. The van der Waals surface area contributed by atoms with Gasteiger partial charge >= 0.3 is 0 Å². The second kappa shape index (κ2) is 8.53. The van der Waals surface area contributed by atoms with Gasteiger partial charge in [0.05, 0.1) is 20.1 Å². The van der Waals surface area contributed by atoms with Crippen LogP contribution in [0.25, 0.3) is 0 Å². The molecule has 0 aliphatic rings. The fraction of sp³-hybridized carbons (Fsp3) is 0. The summed E-state index contributed by atoms with van der Waals surface area (Å²) in [6.07, 6.45) is 3.13. The highest BCUT2D eigenvalue weighted by Gasteiger charge is 1.99. The summed E-state index contributed by atoms with van der Waals surface area (Å²) >= 11 is 13.9. The van der Waals surface area contributed by atoms with Crippen LogP contribution in [0.2, 0.25) is 5.15 Å². The molecule has 0 spiro atoms. The summed E-state index contributed by atoms with van der Waals surface area (Å²) in [7, 11) is 0. The molecule has 2 aromatic rings. The maximum absolute atomic E-state index is 8.53. The SMILES string of the molecule is N#Cc1cc(Cl)ncc1Br.N#Cc1cc(I)ncc1Br. The molecule has 0 aromatic carbocycles. The van der Waals surface area contributed by atoms with Crippen LogP contribution in [0.4, 0.5) is 0 Å². The first-order valence-electron chi connectivity index (χ1n) is 4.90. The molecule has 2 aromatic heterocycles. The summed E-state index contributed by atoms with van der Waals surface area (Å²) in [5, 5.41) is 17.3. The van der Waals surface area contributed by atoms with E-state index in [0.29, 0.717) is 20.8 Å². The Hall–Kier alpha value is -0.740. The minimum Gasteiger partial charge on any atom is -0.249 e. The third kappa shape index (κ3) is 5.33. The minimum absolute atomic E-state index is 0.333. The molecule has 20 heavy (non-hydrogen) atoms. The predicted octanol–water partition coefficient (Wildman–Crippen LogP) is 4.69. The zero-order valence-corrected chi connectivity index (χ0v) is 15.7. The Kier molecular flexibility index (Phi) is 7.38. The van der Waals surface area contributed by atoms with Crippen LogP contribution in [0.1, 0.15) is 11.1 Å². The second-order valence-corrected chi connectivity index (χ2v) is 6.40. The number of nitriles is 2. The number of hydrogen-bond acceptors (Lipinski definition) is 4. The molecule has 0 unspecified atom stereocenters. The molecule has 0 aliphatic heterocycles. The molecule has 0 radical (unpaired) electrons. The van der Waals surface area contributed by atoms with Crippen LogP contribution < -0.4 is 0 Å². The van der Waals surface area contributed by atoms with E-state index in [1.165, 1.54) is 12.3 Å². The topological polar surface area (TPSA) is 73.4 Å². The Morgan fingerprint density at radius 3 is 1.95 bits per heavy atom. The molecule has 0 amide bonds. The largest absolute Gasteiger partial charge is 0.249 e. The average molecular weight is 526 g/mol. The van der Waals surface area contributed by atoms with Crippen molar-refractivity contribution in [3.63, 3.8) is 0 Å². The van der Waals surface area contributed by atoms with Crippen LogP contribution in [-0.2, 0) is 0 Å². The van der Waals surface area contributed by atoms with E-state index >= 15 is 0 Å². The highest BCUT2D eigenvalue weighted by molar-refractivity contribution is 14.1. The fourth-order valence-electron chi connectivity index (χ4n) is 0.998. The summed E-state index contributed by atoms with van der Waals surface area (Å²) in [5.41, 5.74) is 1.12. The van der Waals surface area contributed by atoms with Crippen LogP contribution in [-0.4, -0.2) is 9.97 Å². The van der Waals surface area contributed by atoms with Gasteiger partial charge in [-0.25, -0.2) is 9.97 Å². The van der Waals surface area contributed by atoms with Crippen molar-refractivity contribution in [3.8, 4) is 12.1 Å². The number of aromatic nitrogens is 2. The van der Waals surface area contributed by atoms with Gasteiger partial charge in [0, 0.05) is 12.4 Å². The second-order valence-electron chi connectivity index (χ2n) is 3.20. The summed E-state index contributed by atoms with van der Waals surface area (Å²) in [6, 6.07) is 7.24. The van der Waals surface area contributed by atoms with E-state index in [0.717, 1.165) is 8.17 Å². The van der Waals surface area contributed by atoms with E-state index in [4.69, 9.17) is 22.1 Å². The van der Waals surface area contributed by atoms with E-state index in [2.05, 4.69) is 64.4 Å². The van der Waals surface area contributed by atoms with Crippen molar-refractivity contribution < 1.29 is 0 Å². The molecule has 4 nitrogen and oxygen atoms in total. The van der Waals surface area contributed by atoms with Gasteiger partial charge in [0.25, 0.3) is 0 Å². The molecule has 0 aliphatic carbocycles. The van der Waals surface area contributed by atoms with Crippen molar-refractivity contribution in [2.24, 2.45) is 0 Å². The van der Waals surface area contributed by atoms with E-state index in [9.17, 15) is 0 Å². The molecule has 8 heteroatoms. The number of halogens is 4. The molecule has 2 heterocycles. The van der Waals surface area contributed by atoms with Crippen LogP contribution in [0.15, 0.2) is 33.5 Å². The number of hydrogen-bond donors (Lipinski definition) is 0. The molecule has 0 bridgehead atoms. The third-order valence-electron chi connectivity index (χ3n) is 1.88. The number of pyridine rings is 2. The standard InChI is InChI=1S/C6H2BrClN2.C6H2BrIN2/c2*7-5-3-10-6(8)1-4(5)2-9/h2*1,3H. The Morgan fingerprint density at radius 2 is 1.50 bits per heavy atom. The zero-order valence-electron chi connectivity index (χ0n) is 9.61. The highest BCUT2D eigenvalue weighted by Crippen LogP contribution is 2.17. The molecule has 0 N–H and O–H groups in total. The molecule has 0 saturated carbocycles. The van der Waals surface area contributed by atoms with Gasteiger partial charge in [-0.2, -0.15) is 10.5 Å². The summed E-state index contributed by atoms with van der Waals surface area (Å²) in [5.74, 6) is 0. The Bertz CT molecular complexity index is 648. The smallest absolute Gasteiger partial charge is 0.130 e. The highest BCUT2D eigenvalue weighted by atomic mass is 127. The van der Waals surface area contributed by atoms with Gasteiger partial charge in [-0.15, -0.1) is 0 Å². The van der Waals surface area contributed by atoms with Gasteiger partial charge in [-0.05, 0) is 66.6 Å². The van der Waals surface area contributed by atoms with Crippen LogP contribution in [0, 0.1) is 26.4 Å². The van der Waals surface area contributed by atoms with E-state index in [-0.39, 0.29) is 0 Å². The normalized spacial score (nSPS) is 8.90. The minimum atomic E-state index is 0.333. The van der Waals surface area contributed by atoms with Crippen molar-refractivity contribution in [1.82, 2.24) is 9.97 Å². The molecule has 0 fully saturated rings. The lowest BCUT2D eigenvalue weighted by atomic mass is 10.3. The third-order valence-corrected chi connectivity index (χ3v) is 3.95. The lowest BCUT2D eigenvalue weighted by Gasteiger charge is -1.92. The predicted molar refractivity (Wildman–Crippen MR) is 91.0 cm³/mol. The van der Waals surface area contributed by atoms with Gasteiger partial charge in [-0.3, -0.25) is 0 Å². The molecule has 100 valence electrons. The summed E-state index contributed by atoms with van der Waals surface area (Å²) in [4.78, 5) is 7.73. The monoisotopic (exact) mass is 524 g/mol. The molecular weight excluding hydrogens is 522 g/mol. The van der Waals surface area contributed by atoms with E-state index in [1.807, 2.05) is 12.1 Å². The van der Waals surface area contributed by atoms with Crippen LogP contribution in [0.3, 0.4) is 0 Å². The molecule has 0 atom stereocenters. The molecule has 0 saturated heterocycles. The Labute approximate surface area is 151 Å². The summed E-state index contributed by atoms with van der Waals surface area (Å²) in [6.45, 7) is 0. The van der Waals surface area contributed by atoms with Crippen molar-refractivity contribution in [2.45, 2.75) is 0 Å². The van der Waals surface area contributed by atoms with Gasteiger partial charge in [-0.1, -0.05) is 11.6 Å². The zero-order chi connectivity index (χ0) is 15.1. The quantitative estimate of drug-likeness (QED) is 0.369. The Morgan fingerprint density at radius 1 is 1.00 bits per heavy atom. The lowest BCUT2D eigenvalue weighted by molar-refractivity contribution is 1.24. The number of rotatable bonds is 0. The first kappa shape index (κ1) is 17.3. The molecule has 2 rings (SSSR count). The van der Waals surface area contributed by atoms with Gasteiger partial charge in [0.15, 0.2) is 0 Å². The first-order chi connectivity index (χ1) is 9.47. The maximum atomic E-state index is 8.53. The van der Waals surface area contributed by atoms with Gasteiger partial charge in [0.1, 0.15) is 21.0 Å². The number of nitrogens with zero attached hydrogens (tertiary/aromatic N) is 4. The fourth-order valence-corrected chi connectivity index (χ4v) is 2.22. The average Bonchev–Trinajstić information content (AvgIpc) is 2.44.